The van der Waals surface area contributed by atoms with E-state index in [2.05, 4.69) is 5.32 Å². The molecule has 0 aliphatic rings. The Kier molecular flexibility index (Phi) is 4.86. The van der Waals surface area contributed by atoms with Crippen LogP contribution in [0, 0.1) is 5.92 Å². The molecule has 2 N–H and O–H groups in total. The van der Waals surface area contributed by atoms with Crippen molar-refractivity contribution >= 4 is 5.91 Å². The maximum Gasteiger partial charge on any atom is 0.216 e. The highest BCUT2D eigenvalue weighted by Crippen LogP contribution is 2.03. The molecule has 0 aliphatic heterocycles. The molecular weight excluding hydrogens is 142 g/mol. The van der Waals surface area contributed by atoms with Gasteiger partial charge in [0.25, 0.3) is 0 Å². The standard InChI is InChI=1S/C8H17NO2/c1-6(2)8(11)4-5-9-7(3)10/h6,8,11H,4-5H2,1-3H3,(H,9,10). The van der Waals surface area contributed by atoms with Crippen LogP contribution >= 0.6 is 0 Å². The summed E-state index contributed by atoms with van der Waals surface area (Å²) >= 11 is 0. The number of hydrogen-bond donors (Lipinski definition) is 2. The maximum absolute atomic E-state index is 10.4. The molecule has 1 amide bonds. The molecular formula is C8H17NO2. The summed E-state index contributed by atoms with van der Waals surface area (Å²) < 4.78 is 0. The zero-order valence-corrected chi connectivity index (χ0v) is 7.42. The SMILES string of the molecule is CC(=O)NCCC(O)C(C)C. The minimum Gasteiger partial charge on any atom is -0.393 e. The molecule has 3 nitrogen and oxygen atoms in total. The lowest BCUT2D eigenvalue weighted by Crippen LogP contribution is -2.26. The number of rotatable bonds is 4. The van der Waals surface area contributed by atoms with E-state index in [1.54, 1.807) is 0 Å². The van der Waals surface area contributed by atoms with Gasteiger partial charge < -0.3 is 10.4 Å². The van der Waals surface area contributed by atoms with Crippen LogP contribution in [0.25, 0.3) is 0 Å². The Morgan fingerprint density at radius 3 is 2.45 bits per heavy atom. The lowest BCUT2D eigenvalue weighted by molar-refractivity contribution is -0.119. The molecule has 0 heterocycles. The van der Waals surface area contributed by atoms with Gasteiger partial charge >= 0.3 is 0 Å². The summed E-state index contributed by atoms with van der Waals surface area (Å²) in [5.41, 5.74) is 0. The molecule has 0 spiro atoms. The van der Waals surface area contributed by atoms with E-state index in [1.807, 2.05) is 13.8 Å². The summed E-state index contributed by atoms with van der Waals surface area (Å²) in [6, 6.07) is 0. The molecule has 0 bridgehead atoms. The summed E-state index contributed by atoms with van der Waals surface area (Å²) in [5, 5.41) is 11.9. The van der Waals surface area contributed by atoms with Gasteiger partial charge in [-0.3, -0.25) is 4.79 Å². The van der Waals surface area contributed by atoms with Crippen molar-refractivity contribution in [2.45, 2.75) is 33.3 Å². The molecule has 0 fully saturated rings. The number of amides is 1. The first-order valence-electron chi connectivity index (χ1n) is 3.96. The Balaban J connectivity index is 3.31. The van der Waals surface area contributed by atoms with Crippen molar-refractivity contribution in [2.75, 3.05) is 6.54 Å². The van der Waals surface area contributed by atoms with Crippen molar-refractivity contribution in [1.82, 2.24) is 5.32 Å². The summed E-state index contributed by atoms with van der Waals surface area (Å²) in [6.07, 6.45) is 0.332. The number of nitrogens with one attached hydrogen (secondary N) is 1. The quantitative estimate of drug-likeness (QED) is 0.628. The normalized spacial score (nSPS) is 13.2. The van der Waals surface area contributed by atoms with Crippen LogP contribution in [0.5, 0.6) is 0 Å². The number of hydrogen-bond acceptors (Lipinski definition) is 2. The lowest BCUT2D eigenvalue weighted by atomic mass is 10.0. The average molecular weight is 159 g/mol. The molecule has 1 unspecified atom stereocenters. The van der Waals surface area contributed by atoms with Gasteiger partial charge in [0.1, 0.15) is 0 Å². The van der Waals surface area contributed by atoms with Gasteiger partial charge in [0, 0.05) is 13.5 Å². The fourth-order valence-corrected chi connectivity index (χ4v) is 0.729. The zero-order chi connectivity index (χ0) is 8.85. The summed E-state index contributed by atoms with van der Waals surface area (Å²) in [6.45, 7) is 5.95. The van der Waals surface area contributed by atoms with E-state index in [0.717, 1.165) is 0 Å². The van der Waals surface area contributed by atoms with Gasteiger partial charge in [0.15, 0.2) is 0 Å². The monoisotopic (exact) mass is 159 g/mol. The van der Waals surface area contributed by atoms with Crippen molar-refractivity contribution < 1.29 is 9.90 Å². The first-order chi connectivity index (χ1) is 5.04. The van der Waals surface area contributed by atoms with Crippen LogP contribution in [0.2, 0.25) is 0 Å². The first-order valence-corrected chi connectivity index (χ1v) is 3.96. The number of aliphatic hydroxyl groups is 1. The molecule has 0 saturated heterocycles. The second kappa shape index (κ2) is 5.13. The van der Waals surface area contributed by atoms with Gasteiger partial charge in [-0.25, -0.2) is 0 Å². The van der Waals surface area contributed by atoms with Crippen LogP contribution in [-0.4, -0.2) is 23.7 Å². The molecule has 3 heteroatoms. The van der Waals surface area contributed by atoms with E-state index in [-0.39, 0.29) is 17.9 Å². The maximum atomic E-state index is 10.4. The number of aliphatic hydroxyl groups excluding tert-OH is 1. The molecule has 0 saturated carbocycles. The summed E-state index contributed by atoms with van der Waals surface area (Å²) in [5.74, 6) is 0.227. The Hall–Kier alpha value is -0.570. The third-order valence-electron chi connectivity index (χ3n) is 1.58. The molecule has 0 radical (unpaired) electrons. The zero-order valence-electron chi connectivity index (χ0n) is 7.42. The molecule has 1 atom stereocenters. The smallest absolute Gasteiger partial charge is 0.216 e. The minimum absolute atomic E-state index is 0.0408. The molecule has 11 heavy (non-hydrogen) atoms. The third-order valence-corrected chi connectivity index (χ3v) is 1.58. The lowest BCUT2D eigenvalue weighted by Gasteiger charge is -2.13. The molecule has 0 aromatic heterocycles. The van der Waals surface area contributed by atoms with Gasteiger partial charge in [0.05, 0.1) is 6.10 Å². The van der Waals surface area contributed by atoms with Crippen molar-refractivity contribution in [2.24, 2.45) is 5.92 Å². The predicted octanol–water partition coefficient (Wildman–Crippen LogP) is 0.529. The second-order valence-electron chi connectivity index (χ2n) is 3.08. The van der Waals surface area contributed by atoms with Gasteiger partial charge in [-0.15, -0.1) is 0 Å². The molecule has 0 aliphatic carbocycles. The van der Waals surface area contributed by atoms with Gasteiger partial charge in [0.2, 0.25) is 5.91 Å². The van der Waals surface area contributed by atoms with E-state index in [0.29, 0.717) is 13.0 Å². The fourth-order valence-electron chi connectivity index (χ4n) is 0.729. The second-order valence-corrected chi connectivity index (χ2v) is 3.08. The number of carbonyl (C=O) groups is 1. The van der Waals surface area contributed by atoms with E-state index < -0.39 is 0 Å². The van der Waals surface area contributed by atoms with Crippen LogP contribution in [0.4, 0.5) is 0 Å². The average Bonchev–Trinajstić information content (AvgIpc) is 1.86. The van der Waals surface area contributed by atoms with E-state index >= 15 is 0 Å². The van der Waals surface area contributed by atoms with Gasteiger partial charge in [-0.2, -0.15) is 0 Å². The van der Waals surface area contributed by atoms with Gasteiger partial charge in [-0.05, 0) is 12.3 Å². The highest BCUT2D eigenvalue weighted by molar-refractivity contribution is 5.72. The van der Waals surface area contributed by atoms with Crippen molar-refractivity contribution in [3.63, 3.8) is 0 Å². The van der Waals surface area contributed by atoms with Crippen LogP contribution in [0.1, 0.15) is 27.2 Å². The first kappa shape index (κ1) is 10.4. The number of carbonyl (C=O) groups excluding carboxylic acids is 1. The van der Waals surface area contributed by atoms with E-state index in [1.165, 1.54) is 6.92 Å². The Labute approximate surface area is 67.8 Å². The topological polar surface area (TPSA) is 49.3 Å². The van der Waals surface area contributed by atoms with Gasteiger partial charge in [-0.1, -0.05) is 13.8 Å². The van der Waals surface area contributed by atoms with Crippen molar-refractivity contribution in [1.29, 1.82) is 0 Å². The Morgan fingerprint density at radius 1 is 1.55 bits per heavy atom. The molecule has 0 aromatic rings. The van der Waals surface area contributed by atoms with E-state index in [9.17, 15) is 9.90 Å². The Morgan fingerprint density at radius 2 is 2.09 bits per heavy atom. The fraction of sp³-hybridized carbons (Fsp3) is 0.875. The van der Waals surface area contributed by atoms with Crippen molar-refractivity contribution in [3.8, 4) is 0 Å². The van der Waals surface area contributed by atoms with Crippen LogP contribution in [0.15, 0.2) is 0 Å². The summed E-state index contributed by atoms with van der Waals surface area (Å²) in [4.78, 5) is 10.4. The molecule has 66 valence electrons. The van der Waals surface area contributed by atoms with Crippen LogP contribution in [0.3, 0.4) is 0 Å². The van der Waals surface area contributed by atoms with E-state index in [4.69, 9.17) is 0 Å². The molecule has 0 rings (SSSR count). The molecule has 0 aromatic carbocycles. The predicted molar refractivity (Wildman–Crippen MR) is 44.1 cm³/mol. The highest BCUT2D eigenvalue weighted by Gasteiger charge is 2.07. The summed E-state index contributed by atoms with van der Waals surface area (Å²) in [7, 11) is 0. The minimum atomic E-state index is -0.304. The van der Waals surface area contributed by atoms with Crippen LogP contribution < -0.4 is 5.32 Å². The van der Waals surface area contributed by atoms with Crippen molar-refractivity contribution in [3.05, 3.63) is 0 Å². The third kappa shape index (κ3) is 5.85. The van der Waals surface area contributed by atoms with Crippen LogP contribution in [-0.2, 0) is 4.79 Å². The Bertz CT molecular complexity index is 123. The largest absolute Gasteiger partial charge is 0.393 e. The highest BCUT2D eigenvalue weighted by atomic mass is 16.3.